The third-order valence-electron chi connectivity index (χ3n) is 6.15. The van der Waals surface area contributed by atoms with E-state index in [0.29, 0.717) is 31.0 Å². The minimum Gasteiger partial charge on any atom is -0.362 e. The van der Waals surface area contributed by atoms with Crippen molar-refractivity contribution < 1.29 is 17.6 Å². The van der Waals surface area contributed by atoms with E-state index in [9.17, 15) is 17.6 Å². The Morgan fingerprint density at radius 1 is 1.15 bits per heavy atom. The minimum absolute atomic E-state index is 0.0950. The van der Waals surface area contributed by atoms with E-state index in [4.69, 9.17) is 0 Å². The fourth-order valence-electron chi connectivity index (χ4n) is 4.36. The summed E-state index contributed by atoms with van der Waals surface area (Å²) in [6, 6.07) is 12.7. The fourth-order valence-corrected chi connectivity index (χ4v) is 5.46. The Bertz CT molecular complexity index is 1130. The summed E-state index contributed by atoms with van der Waals surface area (Å²) in [5.41, 5.74) is 1.44. The van der Waals surface area contributed by atoms with Crippen molar-refractivity contribution in [1.29, 1.82) is 0 Å². The number of carbonyl (C=O) groups is 1. The van der Waals surface area contributed by atoms with Crippen LogP contribution in [0.1, 0.15) is 31.2 Å². The first kappa shape index (κ1) is 23.4. The van der Waals surface area contributed by atoms with Crippen LogP contribution in [0.4, 0.5) is 10.1 Å². The number of nitrogens with one attached hydrogen (secondary N) is 1. The first-order chi connectivity index (χ1) is 15.8. The Kier molecular flexibility index (Phi) is 7.09. The molecule has 4 rings (SSSR count). The number of amides is 1. The van der Waals surface area contributed by atoms with Crippen molar-refractivity contribution in [3.63, 3.8) is 0 Å². The Morgan fingerprint density at radius 3 is 2.64 bits per heavy atom. The topological polar surface area (TPSA) is 82.1 Å². The predicted molar refractivity (Wildman–Crippen MR) is 126 cm³/mol. The lowest BCUT2D eigenvalue weighted by Crippen LogP contribution is -2.40. The second kappa shape index (κ2) is 10.0. The van der Waals surface area contributed by atoms with Crippen LogP contribution in [0, 0.1) is 11.7 Å². The molecule has 0 spiro atoms. The summed E-state index contributed by atoms with van der Waals surface area (Å²) in [4.78, 5) is 16.9. The Hall–Kier alpha value is -2.78. The van der Waals surface area contributed by atoms with Gasteiger partial charge in [-0.25, -0.2) is 4.39 Å². The van der Waals surface area contributed by atoms with Crippen molar-refractivity contribution in [2.24, 2.45) is 10.3 Å². The lowest BCUT2D eigenvalue weighted by molar-refractivity contribution is -0.121. The first-order valence-corrected chi connectivity index (χ1v) is 12.7. The van der Waals surface area contributed by atoms with Crippen molar-refractivity contribution in [1.82, 2.24) is 9.80 Å². The molecule has 2 aliphatic rings. The summed E-state index contributed by atoms with van der Waals surface area (Å²) in [5, 5.41) is 2.90. The van der Waals surface area contributed by atoms with Crippen molar-refractivity contribution in [2.75, 3.05) is 32.0 Å². The summed E-state index contributed by atoms with van der Waals surface area (Å²) in [7, 11) is -1.94. The smallest absolute Gasteiger partial charge is 0.283 e. The zero-order chi connectivity index (χ0) is 23.4. The SMILES string of the molecule is CN1CCC/C1=N\S(=O)(=O)c1ccc(NC(=O)C2CCCN(Cc3cccc(F)c3)C2)cc1. The number of hydrogen-bond acceptors (Lipinski definition) is 4. The standard InChI is InChI=1S/C24H29FN4O3S/c1-28-13-4-8-23(28)27-33(31,32)22-11-9-21(10-12-22)26-24(30)19-6-3-14-29(17-19)16-18-5-2-7-20(25)15-18/h2,5,7,9-12,15,19H,3-4,6,8,13-14,16-17H2,1H3,(H,26,30)/b27-23+. The summed E-state index contributed by atoms with van der Waals surface area (Å²) >= 11 is 0. The number of hydrogen-bond donors (Lipinski definition) is 1. The van der Waals surface area contributed by atoms with Gasteiger partial charge in [-0.15, -0.1) is 4.40 Å². The van der Waals surface area contributed by atoms with Crippen LogP contribution in [0.2, 0.25) is 0 Å². The van der Waals surface area contributed by atoms with Crippen LogP contribution in [0.15, 0.2) is 57.8 Å². The number of sulfonamides is 1. The maximum absolute atomic E-state index is 13.5. The van der Waals surface area contributed by atoms with Crippen LogP contribution in [0.3, 0.4) is 0 Å². The molecule has 2 aromatic carbocycles. The Balaban J connectivity index is 1.36. The maximum Gasteiger partial charge on any atom is 0.283 e. The van der Waals surface area contributed by atoms with E-state index in [1.54, 1.807) is 18.2 Å². The molecule has 1 atom stereocenters. The summed E-state index contributed by atoms with van der Waals surface area (Å²) in [5.74, 6) is 0.0424. The highest BCUT2D eigenvalue weighted by molar-refractivity contribution is 7.90. The van der Waals surface area contributed by atoms with E-state index < -0.39 is 10.0 Å². The van der Waals surface area contributed by atoms with E-state index in [1.807, 2.05) is 18.0 Å². The molecule has 9 heteroatoms. The molecule has 7 nitrogen and oxygen atoms in total. The van der Waals surface area contributed by atoms with Gasteiger partial charge in [-0.2, -0.15) is 8.42 Å². The number of halogens is 1. The number of amidine groups is 1. The Morgan fingerprint density at radius 2 is 1.94 bits per heavy atom. The number of rotatable bonds is 6. The van der Waals surface area contributed by atoms with Crippen molar-refractivity contribution in [2.45, 2.75) is 37.1 Å². The molecule has 1 unspecified atom stereocenters. The van der Waals surface area contributed by atoms with Gasteiger partial charge in [-0.3, -0.25) is 9.69 Å². The van der Waals surface area contributed by atoms with Crippen molar-refractivity contribution >= 4 is 27.5 Å². The van der Waals surface area contributed by atoms with Gasteiger partial charge >= 0.3 is 0 Å². The Labute approximate surface area is 194 Å². The summed E-state index contributed by atoms with van der Waals surface area (Å²) < 4.78 is 42.6. The van der Waals surface area contributed by atoms with E-state index >= 15 is 0 Å². The monoisotopic (exact) mass is 472 g/mol. The van der Waals surface area contributed by atoms with E-state index in [1.165, 1.54) is 24.3 Å². The highest BCUT2D eigenvalue weighted by Crippen LogP contribution is 2.23. The van der Waals surface area contributed by atoms with Crippen molar-refractivity contribution in [3.8, 4) is 0 Å². The number of carbonyl (C=O) groups excluding carboxylic acids is 1. The molecule has 0 aromatic heterocycles. The highest BCUT2D eigenvalue weighted by Gasteiger charge is 2.26. The van der Waals surface area contributed by atoms with E-state index in [2.05, 4.69) is 14.6 Å². The largest absolute Gasteiger partial charge is 0.362 e. The molecular weight excluding hydrogens is 443 g/mol. The van der Waals surface area contributed by atoms with Crippen LogP contribution in [-0.2, 0) is 21.4 Å². The number of nitrogens with zero attached hydrogens (tertiary/aromatic N) is 3. The maximum atomic E-state index is 13.5. The lowest BCUT2D eigenvalue weighted by Gasteiger charge is -2.32. The van der Waals surface area contributed by atoms with Crippen LogP contribution < -0.4 is 5.32 Å². The molecule has 0 radical (unpaired) electrons. The quantitative estimate of drug-likeness (QED) is 0.696. The molecule has 2 aromatic rings. The van der Waals surface area contributed by atoms with E-state index in [0.717, 1.165) is 37.9 Å². The predicted octanol–water partition coefficient (Wildman–Crippen LogP) is 3.49. The third-order valence-corrected chi connectivity index (χ3v) is 7.47. The normalized spacial score (nSPS) is 20.8. The molecule has 0 aliphatic carbocycles. The lowest BCUT2D eigenvalue weighted by atomic mass is 9.96. The molecule has 176 valence electrons. The van der Waals surface area contributed by atoms with Crippen LogP contribution >= 0.6 is 0 Å². The second-order valence-corrected chi connectivity index (χ2v) is 10.3. The van der Waals surface area contributed by atoms with Gasteiger partial charge in [0.2, 0.25) is 5.91 Å². The number of benzene rings is 2. The van der Waals surface area contributed by atoms with Gasteiger partial charge in [0.25, 0.3) is 10.0 Å². The summed E-state index contributed by atoms with van der Waals surface area (Å²) in [6.45, 7) is 2.87. The van der Waals surface area contributed by atoms with Gasteiger partial charge in [0, 0.05) is 38.8 Å². The average molecular weight is 473 g/mol. The fraction of sp³-hybridized carbons (Fsp3) is 0.417. The van der Waals surface area contributed by atoms with Gasteiger partial charge in [-0.1, -0.05) is 12.1 Å². The molecule has 0 bridgehead atoms. The minimum atomic E-state index is -3.78. The average Bonchev–Trinajstić information content (AvgIpc) is 3.18. The summed E-state index contributed by atoms with van der Waals surface area (Å²) in [6.07, 6.45) is 3.22. The zero-order valence-electron chi connectivity index (χ0n) is 18.7. The molecule has 1 N–H and O–H groups in total. The van der Waals surface area contributed by atoms with Gasteiger partial charge in [-0.05, 0) is 67.8 Å². The number of likely N-dealkylation sites (tertiary alicyclic amines) is 2. The van der Waals surface area contributed by atoms with Crippen LogP contribution in [0.25, 0.3) is 0 Å². The molecule has 2 aliphatic heterocycles. The van der Waals surface area contributed by atoms with Gasteiger partial charge in [0.15, 0.2) is 0 Å². The number of anilines is 1. The zero-order valence-corrected chi connectivity index (χ0v) is 19.5. The second-order valence-electron chi connectivity index (χ2n) is 8.73. The van der Waals surface area contributed by atoms with Gasteiger partial charge < -0.3 is 10.2 Å². The van der Waals surface area contributed by atoms with Gasteiger partial charge in [0.05, 0.1) is 10.8 Å². The highest BCUT2D eigenvalue weighted by atomic mass is 32.2. The molecule has 1 amide bonds. The number of piperidine rings is 1. The molecule has 33 heavy (non-hydrogen) atoms. The van der Waals surface area contributed by atoms with Crippen LogP contribution in [-0.4, -0.2) is 56.6 Å². The molecule has 2 saturated heterocycles. The first-order valence-electron chi connectivity index (χ1n) is 11.2. The van der Waals surface area contributed by atoms with Crippen molar-refractivity contribution in [3.05, 3.63) is 59.9 Å². The molecular formula is C24H29FN4O3S. The third kappa shape index (κ3) is 5.97. The van der Waals surface area contributed by atoms with E-state index in [-0.39, 0.29) is 22.5 Å². The van der Waals surface area contributed by atoms with Gasteiger partial charge in [0.1, 0.15) is 11.7 Å². The molecule has 2 fully saturated rings. The molecule has 0 saturated carbocycles. The van der Waals surface area contributed by atoms with Crippen LogP contribution in [0.5, 0.6) is 0 Å². The molecule has 2 heterocycles.